The third-order valence-electron chi connectivity index (χ3n) is 8.52. The molecule has 4 bridgehead atoms. The number of rotatable bonds is 2. The monoisotopic (exact) mass is 272 g/mol. The highest BCUT2D eigenvalue weighted by atomic mass is 14.6. The van der Waals surface area contributed by atoms with Crippen LogP contribution in [0.1, 0.15) is 78.6 Å². The quantitative estimate of drug-likeness (QED) is 0.536. The smallest absolute Gasteiger partial charge is 0.0651 e. The van der Waals surface area contributed by atoms with Crippen molar-refractivity contribution in [2.45, 2.75) is 96.0 Å². The molecule has 0 aromatic heterocycles. The third-order valence-corrected chi connectivity index (χ3v) is 8.52. The minimum Gasteiger partial charge on any atom is -0.0651 e. The Kier molecular flexibility index (Phi) is 3.28. The molecule has 5 rings (SSSR count). The third kappa shape index (κ3) is 1.80. The van der Waals surface area contributed by atoms with Gasteiger partial charge in [-0.3, -0.25) is 0 Å². The van der Waals surface area contributed by atoms with E-state index in [2.05, 4.69) is 20.8 Å². The minimum atomic E-state index is 0.682. The summed E-state index contributed by atoms with van der Waals surface area (Å²) >= 11 is 0. The number of hydrogen-bond donors (Lipinski definition) is 0. The van der Waals surface area contributed by atoms with Crippen molar-refractivity contribution in [1.82, 2.24) is 0 Å². The van der Waals surface area contributed by atoms with E-state index in [0.717, 1.165) is 41.9 Å². The van der Waals surface area contributed by atoms with E-state index in [9.17, 15) is 0 Å². The van der Waals surface area contributed by atoms with Gasteiger partial charge in [-0.2, -0.15) is 0 Å². The van der Waals surface area contributed by atoms with Gasteiger partial charge in [0.25, 0.3) is 0 Å². The molecule has 2 saturated heterocycles. The van der Waals surface area contributed by atoms with Crippen molar-refractivity contribution in [2.75, 3.05) is 0 Å². The van der Waals surface area contributed by atoms with Crippen LogP contribution in [0.2, 0.25) is 17.5 Å². The molecule has 1 heteroatoms. The zero-order chi connectivity index (χ0) is 13.9. The van der Waals surface area contributed by atoms with E-state index < -0.39 is 0 Å². The maximum absolute atomic E-state index is 2.58. The molecular formula is C19H33B. The molecule has 0 radical (unpaired) electrons. The average molecular weight is 272 g/mol. The fraction of sp³-hybridized carbons (Fsp3) is 1.00. The summed E-state index contributed by atoms with van der Waals surface area (Å²) in [5.41, 5.74) is 0.682. The van der Waals surface area contributed by atoms with Gasteiger partial charge >= 0.3 is 0 Å². The molecular weight excluding hydrogens is 239 g/mol. The van der Waals surface area contributed by atoms with Crippen LogP contribution in [-0.4, -0.2) is 6.71 Å². The second kappa shape index (κ2) is 4.78. The summed E-state index contributed by atoms with van der Waals surface area (Å²) in [6.45, 7) is 8.79. The van der Waals surface area contributed by atoms with Gasteiger partial charge in [0.15, 0.2) is 0 Å². The van der Waals surface area contributed by atoms with Gasteiger partial charge in [-0.1, -0.05) is 89.6 Å². The molecule has 0 spiro atoms. The Morgan fingerprint density at radius 2 is 1.55 bits per heavy atom. The zero-order valence-corrected chi connectivity index (χ0v) is 13.9. The minimum absolute atomic E-state index is 0.682. The maximum Gasteiger partial charge on any atom is 0.149 e. The largest absolute Gasteiger partial charge is 0.149 e. The van der Waals surface area contributed by atoms with Crippen LogP contribution in [0.5, 0.6) is 0 Å². The SMILES string of the molecule is CC[C@@H]1C2CC(C[C@H]1B1C3CCCC1CCC3)C2(C)C. The molecule has 0 aromatic rings. The first-order chi connectivity index (χ1) is 9.63. The summed E-state index contributed by atoms with van der Waals surface area (Å²) < 4.78 is 0. The van der Waals surface area contributed by atoms with Gasteiger partial charge in [0.2, 0.25) is 0 Å². The Labute approximate surface area is 126 Å². The zero-order valence-electron chi connectivity index (χ0n) is 13.9. The first kappa shape index (κ1) is 13.7. The Morgan fingerprint density at radius 1 is 0.950 bits per heavy atom. The Bertz CT molecular complexity index is 352. The molecule has 0 nitrogen and oxygen atoms in total. The van der Waals surface area contributed by atoms with Crippen LogP contribution in [0.15, 0.2) is 0 Å². The van der Waals surface area contributed by atoms with Crippen molar-refractivity contribution < 1.29 is 0 Å². The van der Waals surface area contributed by atoms with Crippen molar-refractivity contribution in [3.8, 4) is 0 Å². The van der Waals surface area contributed by atoms with E-state index in [0.29, 0.717) is 5.41 Å². The summed E-state index contributed by atoms with van der Waals surface area (Å²) in [7, 11) is 0. The Hall–Kier alpha value is 0.0649. The predicted molar refractivity (Wildman–Crippen MR) is 88.5 cm³/mol. The molecule has 0 aromatic carbocycles. The fourth-order valence-corrected chi connectivity index (χ4v) is 7.44. The van der Waals surface area contributed by atoms with E-state index in [1.807, 2.05) is 0 Å². The fourth-order valence-electron chi connectivity index (χ4n) is 7.44. The number of hydrogen-bond acceptors (Lipinski definition) is 0. The van der Waals surface area contributed by atoms with Crippen molar-refractivity contribution in [3.05, 3.63) is 0 Å². The molecule has 3 aliphatic carbocycles. The first-order valence-corrected chi connectivity index (χ1v) is 9.63. The lowest BCUT2D eigenvalue weighted by Gasteiger charge is -2.65. The molecule has 112 valence electrons. The molecule has 3 saturated carbocycles. The van der Waals surface area contributed by atoms with Gasteiger partial charge in [-0.05, 0) is 29.6 Å². The maximum atomic E-state index is 2.58. The van der Waals surface area contributed by atoms with Crippen molar-refractivity contribution in [1.29, 1.82) is 0 Å². The summed E-state index contributed by atoms with van der Waals surface area (Å²) in [6.07, 6.45) is 14.0. The molecule has 2 heterocycles. The molecule has 2 unspecified atom stereocenters. The van der Waals surface area contributed by atoms with E-state index >= 15 is 0 Å². The lowest BCUT2D eigenvalue weighted by molar-refractivity contribution is -0.106. The normalized spacial score (nSPS) is 49.6. The lowest BCUT2D eigenvalue weighted by Crippen LogP contribution is -2.58. The average Bonchev–Trinajstić information content (AvgIpc) is 2.45. The highest BCUT2D eigenvalue weighted by Gasteiger charge is 2.60. The molecule has 5 aliphatic rings. The van der Waals surface area contributed by atoms with Crippen LogP contribution in [-0.2, 0) is 0 Å². The van der Waals surface area contributed by atoms with E-state index in [4.69, 9.17) is 0 Å². The van der Waals surface area contributed by atoms with Crippen LogP contribution in [0.3, 0.4) is 0 Å². The van der Waals surface area contributed by atoms with E-state index in [1.165, 1.54) is 6.42 Å². The van der Waals surface area contributed by atoms with Crippen LogP contribution in [0.4, 0.5) is 0 Å². The van der Waals surface area contributed by atoms with E-state index in [-0.39, 0.29) is 0 Å². The first-order valence-electron chi connectivity index (χ1n) is 9.63. The van der Waals surface area contributed by atoms with Crippen molar-refractivity contribution >= 4 is 6.71 Å². The topological polar surface area (TPSA) is 0 Å². The van der Waals surface area contributed by atoms with Crippen LogP contribution < -0.4 is 0 Å². The van der Waals surface area contributed by atoms with Crippen molar-refractivity contribution in [3.63, 3.8) is 0 Å². The summed E-state index contributed by atoms with van der Waals surface area (Å²) in [6, 6.07) is 0. The van der Waals surface area contributed by atoms with E-state index in [1.54, 1.807) is 51.4 Å². The molecule has 20 heavy (non-hydrogen) atoms. The van der Waals surface area contributed by atoms with Crippen molar-refractivity contribution in [2.24, 2.45) is 23.2 Å². The Balaban J connectivity index is 1.59. The summed E-state index contributed by atoms with van der Waals surface area (Å²) in [5.74, 6) is 6.58. The molecule has 2 aliphatic heterocycles. The van der Waals surface area contributed by atoms with Gasteiger partial charge in [-0.25, -0.2) is 0 Å². The summed E-state index contributed by atoms with van der Waals surface area (Å²) in [4.78, 5) is 0. The molecule has 5 fully saturated rings. The van der Waals surface area contributed by atoms with Crippen LogP contribution in [0.25, 0.3) is 0 Å². The molecule has 0 N–H and O–H groups in total. The highest BCUT2D eigenvalue weighted by Crippen LogP contribution is 2.68. The molecule has 4 atom stereocenters. The van der Waals surface area contributed by atoms with Gasteiger partial charge in [0.05, 0.1) is 0 Å². The number of fused-ring (bicyclic) bond motifs is 5. The van der Waals surface area contributed by atoms with Gasteiger partial charge in [0.1, 0.15) is 6.71 Å². The van der Waals surface area contributed by atoms with Crippen LogP contribution >= 0.6 is 0 Å². The van der Waals surface area contributed by atoms with Crippen LogP contribution in [0, 0.1) is 23.2 Å². The predicted octanol–water partition coefficient (Wildman–Crippen LogP) is 6.05. The Morgan fingerprint density at radius 3 is 2.05 bits per heavy atom. The second-order valence-electron chi connectivity index (χ2n) is 9.29. The van der Waals surface area contributed by atoms with Gasteiger partial charge in [0, 0.05) is 0 Å². The van der Waals surface area contributed by atoms with Gasteiger partial charge in [-0.15, -0.1) is 0 Å². The highest BCUT2D eigenvalue weighted by molar-refractivity contribution is 6.64. The standard InChI is InChI=1S/C19H33B/c1-4-16-17-11-13(19(17,2)3)12-18(16)20-14-7-5-8-15(20)10-6-9-14/h13-18H,4-12H2,1-3H3/t13?,14?,15?,16-,17?,18-/m1/s1. The summed E-state index contributed by atoms with van der Waals surface area (Å²) in [5, 5.41) is 0. The second-order valence-corrected chi connectivity index (χ2v) is 9.29. The van der Waals surface area contributed by atoms with Gasteiger partial charge < -0.3 is 0 Å². The molecule has 0 amide bonds. The lowest BCUT2D eigenvalue weighted by atomic mass is 9.18.